The largest absolute Gasteiger partial charge is 0.453 e. The first-order chi connectivity index (χ1) is 18.0. The van der Waals surface area contributed by atoms with Crippen LogP contribution in [0, 0.1) is 6.92 Å². The number of carbonyl (C=O) groups excluding carboxylic acids is 3. The molecular formula is C27H16F3NO7. The Bertz CT molecular complexity index is 1660. The summed E-state index contributed by atoms with van der Waals surface area (Å²) in [6, 6.07) is 15.4. The number of benzene rings is 3. The van der Waals surface area contributed by atoms with Crippen LogP contribution in [0.15, 0.2) is 75.9 Å². The SMILES string of the molecule is Cc1cccc(Oc2c(C(F)(F)F)oc3cc(OC(=O)CN4C(=O)c5ccccc5C4=O)ccc3c2=O)c1. The predicted molar refractivity (Wildman–Crippen MR) is 126 cm³/mol. The highest BCUT2D eigenvalue weighted by atomic mass is 19.4. The molecule has 0 radical (unpaired) electrons. The number of fused-ring (bicyclic) bond motifs is 2. The Morgan fingerprint density at radius 1 is 0.895 bits per heavy atom. The molecule has 0 unspecified atom stereocenters. The van der Waals surface area contributed by atoms with Crippen molar-refractivity contribution in [3.8, 4) is 17.2 Å². The summed E-state index contributed by atoms with van der Waals surface area (Å²) >= 11 is 0. The lowest BCUT2D eigenvalue weighted by Crippen LogP contribution is -2.36. The van der Waals surface area contributed by atoms with Crippen LogP contribution < -0.4 is 14.9 Å². The molecule has 38 heavy (non-hydrogen) atoms. The van der Waals surface area contributed by atoms with Crippen LogP contribution in [0.2, 0.25) is 0 Å². The number of ether oxygens (including phenoxy) is 2. The van der Waals surface area contributed by atoms with Gasteiger partial charge in [-0.3, -0.25) is 19.3 Å². The molecule has 2 heterocycles. The molecule has 0 saturated heterocycles. The Morgan fingerprint density at radius 3 is 2.21 bits per heavy atom. The standard InChI is InChI=1S/C27H16F3NO7/c1-14-5-4-6-15(11-14)37-23-22(33)19-10-9-16(12-20(19)38-24(23)27(28,29)30)36-21(32)13-31-25(34)17-7-2-3-8-18(17)26(31)35/h2-12H,13H2,1H3. The molecule has 1 aliphatic heterocycles. The molecule has 1 aromatic heterocycles. The average Bonchev–Trinajstić information content (AvgIpc) is 3.10. The quantitative estimate of drug-likeness (QED) is 0.203. The number of alkyl halides is 3. The molecule has 2 amide bonds. The van der Waals surface area contributed by atoms with Gasteiger partial charge >= 0.3 is 12.1 Å². The first-order valence-electron chi connectivity index (χ1n) is 11.1. The van der Waals surface area contributed by atoms with E-state index in [1.807, 2.05) is 0 Å². The maximum Gasteiger partial charge on any atom is 0.453 e. The van der Waals surface area contributed by atoms with Gasteiger partial charge in [0.15, 0.2) is 0 Å². The molecule has 11 heteroatoms. The molecule has 0 aliphatic carbocycles. The molecule has 0 fully saturated rings. The summed E-state index contributed by atoms with van der Waals surface area (Å²) in [7, 11) is 0. The predicted octanol–water partition coefficient (Wildman–Crippen LogP) is 5.11. The fraction of sp³-hybridized carbons (Fsp3) is 0.111. The van der Waals surface area contributed by atoms with Gasteiger partial charge in [0.2, 0.25) is 11.2 Å². The van der Waals surface area contributed by atoms with Crippen LogP contribution in [0.5, 0.6) is 17.2 Å². The molecule has 0 spiro atoms. The molecule has 0 bridgehead atoms. The van der Waals surface area contributed by atoms with Gasteiger partial charge in [0.25, 0.3) is 17.6 Å². The summed E-state index contributed by atoms with van der Waals surface area (Å²) < 4.78 is 56.8. The second-order valence-electron chi connectivity index (χ2n) is 8.38. The average molecular weight is 523 g/mol. The molecule has 0 atom stereocenters. The number of aryl methyl sites for hydroxylation is 1. The minimum atomic E-state index is -5.08. The zero-order valence-corrected chi connectivity index (χ0v) is 19.5. The Kier molecular flexibility index (Phi) is 5.98. The number of carbonyl (C=O) groups is 3. The molecule has 0 N–H and O–H groups in total. The van der Waals surface area contributed by atoms with Crippen LogP contribution in [0.3, 0.4) is 0 Å². The lowest BCUT2D eigenvalue weighted by atomic mass is 10.1. The van der Waals surface area contributed by atoms with Crippen molar-refractivity contribution in [2.24, 2.45) is 0 Å². The number of hydrogen-bond acceptors (Lipinski definition) is 7. The molecule has 0 saturated carbocycles. The first kappa shape index (κ1) is 24.8. The van der Waals surface area contributed by atoms with Crippen molar-refractivity contribution in [1.82, 2.24) is 4.90 Å². The van der Waals surface area contributed by atoms with Gasteiger partial charge in [0.05, 0.1) is 16.5 Å². The van der Waals surface area contributed by atoms with Crippen LogP contribution in [-0.2, 0) is 11.0 Å². The number of nitrogens with zero attached hydrogens (tertiary/aromatic N) is 1. The lowest BCUT2D eigenvalue weighted by molar-refractivity contribution is -0.154. The summed E-state index contributed by atoms with van der Waals surface area (Å²) in [6.07, 6.45) is -5.08. The maximum atomic E-state index is 13.8. The van der Waals surface area contributed by atoms with Gasteiger partial charge in [0, 0.05) is 6.07 Å². The van der Waals surface area contributed by atoms with Gasteiger partial charge in [-0.2, -0.15) is 13.2 Å². The van der Waals surface area contributed by atoms with Crippen molar-refractivity contribution in [3.63, 3.8) is 0 Å². The second kappa shape index (κ2) is 9.18. The number of hydrogen-bond donors (Lipinski definition) is 0. The number of halogens is 3. The van der Waals surface area contributed by atoms with Gasteiger partial charge in [-0.05, 0) is 48.9 Å². The lowest BCUT2D eigenvalue weighted by Gasteiger charge is -2.14. The fourth-order valence-electron chi connectivity index (χ4n) is 3.97. The van der Waals surface area contributed by atoms with E-state index in [9.17, 15) is 32.3 Å². The number of amides is 2. The van der Waals surface area contributed by atoms with E-state index in [4.69, 9.17) is 13.9 Å². The molecule has 1 aliphatic rings. The van der Waals surface area contributed by atoms with E-state index in [1.54, 1.807) is 31.2 Å². The van der Waals surface area contributed by atoms with E-state index in [1.165, 1.54) is 30.3 Å². The third-order valence-electron chi connectivity index (χ3n) is 5.69. The highest BCUT2D eigenvalue weighted by Gasteiger charge is 2.41. The van der Waals surface area contributed by atoms with Crippen LogP contribution >= 0.6 is 0 Å². The normalized spacial score (nSPS) is 13.1. The van der Waals surface area contributed by atoms with E-state index in [0.29, 0.717) is 10.5 Å². The molecule has 192 valence electrons. The van der Waals surface area contributed by atoms with Crippen molar-refractivity contribution in [2.45, 2.75) is 13.1 Å². The Morgan fingerprint density at radius 2 is 1.58 bits per heavy atom. The van der Waals surface area contributed by atoms with Crippen LogP contribution in [0.25, 0.3) is 11.0 Å². The van der Waals surface area contributed by atoms with Gasteiger partial charge in [-0.25, -0.2) is 4.79 Å². The van der Waals surface area contributed by atoms with Crippen molar-refractivity contribution in [1.29, 1.82) is 0 Å². The maximum absolute atomic E-state index is 13.8. The summed E-state index contributed by atoms with van der Waals surface area (Å²) in [4.78, 5) is 51.0. The summed E-state index contributed by atoms with van der Waals surface area (Å²) in [5.74, 6) is -5.33. The van der Waals surface area contributed by atoms with Crippen LogP contribution in [0.1, 0.15) is 32.0 Å². The molecular weight excluding hydrogens is 507 g/mol. The molecule has 4 aromatic rings. The summed E-state index contributed by atoms with van der Waals surface area (Å²) in [5, 5.41) is -0.249. The smallest absolute Gasteiger partial charge is 0.449 e. The van der Waals surface area contributed by atoms with E-state index < -0.39 is 53.0 Å². The van der Waals surface area contributed by atoms with Crippen molar-refractivity contribution < 1.29 is 41.4 Å². The highest BCUT2D eigenvalue weighted by molar-refractivity contribution is 6.22. The van der Waals surface area contributed by atoms with Gasteiger partial charge in [-0.15, -0.1) is 0 Å². The van der Waals surface area contributed by atoms with Crippen LogP contribution in [-0.4, -0.2) is 29.2 Å². The first-order valence-corrected chi connectivity index (χ1v) is 11.1. The van der Waals surface area contributed by atoms with Crippen LogP contribution in [0.4, 0.5) is 13.2 Å². The van der Waals surface area contributed by atoms with Gasteiger partial charge in [-0.1, -0.05) is 24.3 Å². The Hall–Kier alpha value is -4.93. The van der Waals surface area contributed by atoms with Crippen molar-refractivity contribution >= 4 is 28.8 Å². The highest BCUT2D eigenvalue weighted by Crippen LogP contribution is 2.38. The van der Waals surface area contributed by atoms with E-state index in [0.717, 1.165) is 12.1 Å². The minimum Gasteiger partial charge on any atom is -0.449 e. The Balaban J connectivity index is 1.43. The van der Waals surface area contributed by atoms with Crippen molar-refractivity contribution in [3.05, 3.63) is 99.4 Å². The number of esters is 1. The zero-order chi connectivity index (χ0) is 27.2. The van der Waals surface area contributed by atoms with Crippen molar-refractivity contribution in [2.75, 3.05) is 6.54 Å². The van der Waals surface area contributed by atoms with E-state index in [2.05, 4.69) is 0 Å². The third kappa shape index (κ3) is 4.49. The Labute approximate surface area is 211 Å². The molecule has 5 rings (SSSR count). The minimum absolute atomic E-state index is 0.0147. The number of imide groups is 1. The summed E-state index contributed by atoms with van der Waals surface area (Å²) in [6.45, 7) is 0.975. The van der Waals surface area contributed by atoms with E-state index >= 15 is 0 Å². The topological polar surface area (TPSA) is 103 Å². The zero-order valence-electron chi connectivity index (χ0n) is 19.5. The second-order valence-corrected chi connectivity index (χ2v) is 8.38. The van der Waals surface area contributed by atoms with Gasteiger partial charge < -0.3 is 13.9 Å². The van der Waals surface area contributed by atoms with Gasteiger partial charge in [0.1, 0.15) is 23.6 Å². The monoisotopic (exact) mass is 523 g/mol. The molecule has 3 aromatic carbocycles. The third-order valence-corrected chi connectivity index (χ3v) is 5.69. The summed E-state index contributed by atoms with van der Waals surface area (Å²) in [5.41, 5.74) is -0.606. The molecule has 8 nitrogen and oxygen atoms in total. The number of rotatable bonds is 5. The fourth-order valence-corrected chi connectivity index (χ4v) is 3.97. The van der Waals surface area contributed by atoms with E-state index in [-0.39, 0.29) is 28.0 Å².